The molecule has 0 fully saturated rings. The smallest absolute Gasteiger partial charge is 0.268 e. The lowest BCUT2D eigenvalue weighted by atomic mass is 10.1. The van der Waals surface area contributed by atoms with E-state index in [1.54, 1.807) is 42.9 Å². The van der Waals surface area contributed by atoms with Crippen LogP contribution in [0.15, 0.2) is 36.5 Å². The Labute approximate surface area is 116 Å². The van der Waals surface area contributed by atoms with E-state index in [2.05, 4.69) is 5.32 Å². The Bertz CT molecular complexity index is 589. The van der Waals surface area contributed by atoms with E-state index in [0.29, 0.717) is 16.3 Å². The molecule has 0 radical (unpaired) electrons. The third-order valence-corrected chi connectivity index (χ3v) is 3.29. The van der Waals surface area contributed by atoms with Gasteiger partial charge in [0.15, 0.2) is 0 Å². The number of nitrogens with one attached hydrogen (secondary N) is 1. The maximum Gasteiger partial charge on any atom is 0.268 e. The molecule has 1 atom stereocenters. The van der Waals surface area contributed by atoms with Gasteiger partial charge in [-0.15, -0.1) is 0 Å². The van der Waals surface area contributed by atoms with Gasteiger partial charge in [0.25, 0.3) is 5.91 Å². The van der Waals surface area contributed by atoms with Gasteiger partial charge in [-0.1, -0.05) is 17.7 Å². The van der Waals surface area contributed by atoms with Crippen LogP contribution in [0.3, 0.4) is 0 Å². The molecule has 1 aromatic carbocycles. The minimum Gasteiger partial charge on any atom is -0.347 e. The summed E-state index contributed by atoms with van der Waals surface area (Å²) in [5.41, 5.74) is 0.811. The molecule has 3 nitrogen and oxygen atoms in total. The Morgan fingerprint density at radius 3 is 2.68 bits per heavy atom. The molecule has 0 bridgehead atoms. The van der Waals surface area contributed by atoms with Crippen molar-refractivity contribution < 1.29 is 9.18 Å². The van der Waals surface area contributed by atoms with E-state index in [9.17, 15) is 9.18 Å². The van der Waals surface area contributed by atoms with E-state index in [1.807, 2.05) is 0 Å². The van der Waals surface area contributed by atoms with Gasteiger partial charge in [0, 0.05) is 23.8 Å². The molecule has 1 aromatic heterocycles. The second kappa shape index (κ2) is 5.45. The number of aryl methyl sites for hydroxylation is 1. The van der Waals surface area contributed by atoms with Crippen molar-refractivity contribution in [1.29, 1.82) is 0 Å². The fraction of sp³-hybridized carbons (Fsp3) is 0.214. The van der Waals surface area contributed by atoms with Crippen LogP contribution in [0.5, 0.6) is 0 Å². The largest absolute Gasteiger partial charge is 0.347 e. The first-order valence-electron chi connectivity index (χ1n) is 5.87. The SMILES string of the molecule is C[C@@H](NC(=O)c1cccn1C)c1c(F)cccc1Cl. The van der Waals surface area contributed by atoms with Gasteiger partial charge in [0.1, 0.15) is 11.5 Å². The number of hydrogen-bond donors (Lipinski definition) is 1. The van der Waals surface area contributed by atoms with Gasteiger partial charge in [-0.25, -0.2) is 4.39 Å². The third-order valence-electron chi connectivity index (χ3n) is 2.96. The van der Waals surface area contributed by atoms with Gasteiger partial charge in [0.2, 0.25) is 0 Å². The summed E-state index contributed by atoms with van der Waals surface area (Å²) in [6, 6.07) is 7.43. The van der Waals surface area contributed by atoms with E-state index in [4.69, 9.17) is 11.6 Å². The maximum atomic E-state index is 13.7. The van der Waals surface area contributed by atoms with Crippen LogP contribution >= 0.6 is 11.6 Å². The Morgan fingerprint density at radius 2 is 2.11 bits per heavy atom. The average Bonchev–Trinajstić information content (AvgIpc) is 2.75. The van der Waals surface area contributed by atoms with Crippen LogP contribution < -0.4 is 5.32 Å². The molecular weight excluding hydrogens is 267 g/mol. The first kappa shape index (κ1) is 13.6. The second-order valence-electron chi connectivity index (χ2n) is 4.33. The quantitative estimate of drug-likeness (QED) is 0.919. The summed E-state index contributed by atoms with van der Waals surface area (Å²) in [5, 5.41) is 3.04. The monoisotopic (exact) mass is 280 g/mol. The van der Waals surface area contributed by atoms with Crippen LogP contribution in [-0.4, -0.2) is 10.5 Å². The van der Waals surface area contributed by atoms with Crippen LogP contribution in [0.2, 0.25) is 5.02 Å². The standard InChI is InChI=1S/C14H14ClFN2O/c1-9(13-10(15)5-3-6-11(13)16)17-14(19)12-7-4-8-18(12)2/h3-9H,1-2H3,(H,17,19)/t9-/m1/s1. The average molecular weight is 281 g/mol. The zero-order chi connectivity index (χ0) is 14.0. The molecule has 1 heterocycles. The molecule has 1 amide bonds. The van der Waals surface area contributed by atoms with Crippen LogP contribution in [0.1, 0.15) is 29.0 Å². The molecule has 5 heteroatoms. The number of nitrogens with zero attached hydrogens (tertiary/aromatic N) is 1. The summed E-state index contributed by atoms with van der Waals surface area (Å²) in [4.78, 5) is 12.0. The van der Waals surface area contributed by atoms with E-state index < -0.39 is 11.9 Å². The lowest BCUT2D eigenvalue weighted by Gasteiger charge is -2.16. The van der Waals surface area contributed by atoms with E-state index >= 15 is 0 Å². The predicted molar refractivity (Wildman–Crippen MR) is 72.7 cm³/mol. The maximum absolute atomic E-state index is 13.7. The van der Waals surface area contributed by atoms with Gasteiger partial charge in [-0.05, 0) is 31.2 Å². The summed E-state index contributed by atoms with van der Waals surface area (Å²) < 4.78 is 15.4. The molecule has 0 unspecified atom stereocenters. The number of rotatable bonds is 3. The molecule has 2 rings (SSSR count). The predicted octanol–water partition coefficient (Wildman–Crippen LogP) is 3.31. The highest BCUT2D eigenvalue weighted by Gasteiger charge is 2.18. The molecule has 0 aliphatic heterocycles. The van der Waals surface area contributed by atoms with Crippen molar-refractivity contribution in [3.8, 4) is 0 Å². The highest BCUT2D eigenvalue weighted by Crippen LogP contribution is 2.25. The molecule has 19 heavy (non-hydrogen) atoms. The molecule has 0 spiro atoms. The van der Waals surface area contributed by atoms with Crippen molar-refractivity contribution in [1.82, 2.24) is 9.88 Å². The zero-order valence-electron chi connectivity index (χ0n) is 10.7. The number of halogens is 2. The fourth-order valence-corrected chi connectivity index (χ4v) is 2.29. The zero-order valence-corrected chi connectivity index (χ0v) is 11.4. The molecular formula is C14H14ClFN2O. The summed E-state index contributed by atoms with van der Waals surface area (Å²) in [7, 11) is 1.77. The third kappa shape index (κ3) is 2.79. The molecule has 0 saturated carbocycles. The highest BCUT2D eigenvalue weighted by atomic mass is 35.5. The van der Waals surface area contributed by atoms with Gasteiger partial charge < -0.3 is 9.88 Å². The molecule has 2 aromatic rings. The number of carbonyl (C=O) groups excluding carboxylic acids is 1. The first-order chi connectivity index (χ1) is 9.00. The van der Waals surface area contributed by atoms with E-state index in [-0.39, 0.29) is 5.91 Å². The normalized spacial score (nSPS) is 12.2. The van der Waals surface area contributed by atoms with Crippen LogP contribution in [0.25, 0.3) is 0 Å². The van der Waals surface area contributed by atoms with E-state index in [1.165, 1.54) is 12.1 Å². The lowest BCUT2D eigenvalue weighted by Crippen LogP contribution is -2.28. The molecule has 0 saturated heterocycles. The second-order valence-corrected chi connectivity index (χ2v) is 4.74. The minimum atomic E-state index is -0.504. The highest BCUT2D eigenvalue weighted by molar-refractivity contribution is 6.31. The summed E-state index contributed by atoms with van der Waals surface area (Å²) >= 11 is 5.97. The van der Waals surface area contributed by atoms with Gasteiger partial charge >= 0.3 is 0 Å². The van der Waals surface area contributed by atoms with E-state index in [0.717, 1.165) is 0 Å². The number of amides is 1. The fourth-order valence-electron chi connectivity index (χ4n) is 1.96. The Balaban J connectivity index is 2.20. The van der Waals surface area contributed by atoms with Crippen molar-refractivity contribution in [3.05, 3.63) is 58.6 Å². The van der Waals surface area contributed by atoms with Crippen molar-refractivity contribution in [2.45, 2.75) is 13.0 Å². The lowest BCUT2D eigenvalue weighted by molar-refractivity contribution is 0.0931. The first-order valence-corrected chi connectivity index (χ1v) is 6.24. The van der Waals surface area contributed by atoms with Crippen molar-refractivity contribution in [3.63, 3.8) is 0 Å². The van der Waals surface area contributed by atoms with Crippen molar-refractivity contribution >= 4 is 17.5 Å². The number of carbonyl (C=O) groups is 1. The molecule has 1 N–H and O–H groups in total. The Morgan fingerprint density at radius 1 is 1.37 bits per heavy atom. The van der Waals surface area contributed by atoms with Gasteiger partial charge in [0.05, 0.1) is 6.04 Å². The summed E-state index contributed by atoms with van der Waals surface area (Å²) in [6.07, 6.45) is 1.77. The Hall–Kier alpha value is -1.81. The Kier molecular flexibility index (Phi) is 3.90. The molecule has 100 valence electrons. The number of benzene rings is 1. The summed E-state index contributed by atoms with van der Waals surface area (Å²) in [5.74, 6) is -0.688. The minimum absolute atomic E-state index is 0.265. The number of hydrogen-bond acceptors (Lipinski definition) is 1. The van der Waals surface area contributed by atoms with Crippen molar-refractivity contribution in [2.24, 2.45) is 7.05 Å². The van der Waals surface area contributed by atoms with Gasteiger partial charge in [-0.3, -0.25) is 4.79 Å². The van der Waals surface area contributed by atoms with Crippen LogP contribution in [0.4, 0.5) is 4.39 Å². The summed E-state index contributed by atoms with van der Waals surface area (Å²) in [6.45, 7) is 1.70. The van der Waals surface area contributed by atoms with Gasteiger partial charge in [-0.2, -0.15) is 0 Å². The molecule has 0 aliphatic rings. The number of aromatic nitrogens is 1. The molecule has 0 aliphatic carbocycles. The van der Waals surface area contributed by atoms with Crippen molar-refractivity contribution in [2.75, 3.05) is 0 Å². The topological polar surface area (TPSA) is 34.0 Å². The van der Waals surface area contributed by atoms with Crippen LogP contribution in [-0.2, 0) is 7.05 Å². The van der Waals surface area contributed by atoms with Crippen LogP contribution in [0, 0.1) is 5.82 Å².